The Hall–Kier alpha value is -1.17. The predicted octanol–water partition coefficient (Wildman–Crippen LogP) is 2.54. The number of aryl methyl sites for hydroxylation is 1. The molecule has 1 aromatic carbocycles. The van der Waals surface area contributed by atoms with Crippen molar-refractivity contribution >= 4 is 10.1 Å². The monoisotopic (exact) mass is 284 g/mol. The standard InChI is InChI=1S/C14H20O4S/c1-4-9-17-10-13(3)11-18-19(15,16)14-7-5-12(2)6-8-14/h4-8,13H,1,9-11H2,2-3H3/t13-/m0/s1. The molecule has 1 atom stereocenters. The number of ether oxygens (including phenoxy) is 1. The van der Waals surface area contributed by atoms with Crippen LogP contribution in [0.5, 0.6) is 0 Å². The van der Waals surface area contributed by atoms with E-state index in [1.54, 1.807) is 30.3 Å². The van der Waals surface area contributed by atoms with Crippen molar-refractivity contribution in [3.8, 4) is 0 Å². The lowest BCUT2D eigenvalue weighted by molar-refractivity contribution is 0.106. The molecule has 0 N–H and O–H groups in total. The van der Waals surface area contributed by atoms with Crippen LogP contribution >= 0.6 is 0 Å². The molecule has 0 fully saturated rings. The smallest absolute Gasteiger partial charge is 0.296 e. The topological polar surface area (TPSA) is 52.6 Å². The molecule has 0 spiro atoms. The van der Waals surface area contributed by atoms with Gasteiger partial charge in [0.2, 0.25) is 0 Å². The van der Waals surface area contributed by atoms with Crippen molar-refractivity contribution in [2.45, 2.75) is 18.7 Å². The second-order valence-electron chi connectivity index (χ2n) is 4.48. The minimum Gasteiger partial charge on any atom is -0.377 e. The molecular formula is C14H20O4S. The summed E-state index contributed by atoms with van der Waals surface area (Å²) in [6.07, 6.45) is 1.65. The normalized spacial score (nSPS) is 13.2. The van der Waals surface area contributed by atoms with Crippen LogP contribution in [0.15, 0.2) is 41.8 Å². The van der Waals surface area contributed by atoms with Gasteiger partial charge in [-0.2, -0.15) is 8.42 Å². The molecule has 0 amide bonds. The van der Waals surface area contributed by atoms with Crippen LogP contribution in [-0.4, -0.2) is 28.2 Å². The van der Waals surface area contributed by atoms with Gasteiger partial charge in [0.25, 0.3) is 10.1 Å². The third-order valence-electron chi connectivity index (χ3n) is 2.46. The maximum absolute atomic E-state index is 11.9. The van der Waals surface area contributed by atoms with Crippen molar-refractivity contribution in [3.05, 3.63) is 42.5 Å². The van der Waals surface area contributed by atoms with Gasteiger partial charge in [-0.15, -0.1) is 6.58 Å². The number of hydrogen-bond donors (Lipinski definition) is 0. The van der Waals surface area contributed by atoms with Crippen LogP contribution in [0.1, 0.15) is 12.5 Å². The third-order valence-corrected chi connectivity index (χ3v) is 3.75. The molecule has 0 unspecified atom stereocenters. The van der Waals surface area contributed by atoms with E-state index in [0.717, 1.165) is 5.56 Å². The molecule has 0 aliphatic rings. The molecule has 106 valence electrons. The minimum atomic E-state index is -3.68. The predicted molar refractivity (Wildman–Crippen MR) is 74.5 cm³/mol. The van der Waals surface area contributed by atoms with Crippen molar-refractivity contribution in [3.63, 3.8) is 0 Å². The van der Waals surface area contributed by atoms with Crippen molar-refractivity contribution < 1.29 is 17.3 Å². The fourth-order valence-corrected chi connectivity index (χ4v) is 2.40. The van der Waals surface area contributed by atoms with Crippen molar-refractivity contribution in [1.82, 2.24) is 0 Å². The Labute approximate surface area is 115 Å². The zero-order valence-corrected chi connectivity index (χ0v) is 12.2. The fourth-order valence-electron chi connectivity index (χ4n) is 1.38. The molecule has 0 saturated heterocycles. The van der Waals surface area contributed by atoms with Crippen LogP contribution in [0.25, 0.3) is 0 Å². The molecule has 5 heteroatoms. The highest BCUT2D eigenvalue weighted by Gasteiger charge is 2.16. The van der Waals surface area contributed by atoms with E-state index in [1.165, 1.54) is 0 Å². The van der Waals surface area contributed by atoms with E-state index < -0.39 is 10.1 Å². The Kier molecular flexibility index (Phi) is 6.21. The Morgan fingerprint density at radius 1 is 1.26 bits per heavy atom. The maximum Gasteiger partial charge on any atom is 0.296 e. The fraction of sp³-hybridized carbons (Fsp3) is 0.429. The summed E-state index contributed by atoms with van der Waals surface area (Å²) in [5.74, 6) is 0.000161. The average Bonchev–Trinajstić information content (AvgIpc) is 2.37. The van der Waals surface area contributed by atoms with E-state index in [-0.39, 0.29) is 17.4 Å². The lowest BCUT2D eigenvalue weighted by Crippen LogP contribution is -2.16. The molecule has 1 aromatic rings. The Morgan fingerprint density at radius 2 is 1.89 bits per heavy atom. The summed E-state index contributed by atoms with van der Waals surface area (Å²) in [6.45, 7) is 8.30. The summed E-state index contributed by atoms with van der Waals surface area (Å²) in [4.78, 5) is 0.178. The van der Waals surface area contributed by atoms with Gasteiger partial charge >= 0.3 is 0 Å². The van der Waals surface area contributed by atoms with E-state index in [9.17, 15) is 8.42 Å². The summed E-state index contributed by atoms with van der Waals surface area (Å²) < 4.78 is 34.0. The molecule has 0 saturated carbocycles. The average molecular weight is 284 g/mol. The molecule has 0 bridgehead atoms. The van der Waals surface area contributed by atoms with Gasteiger partial charge in [0.15, 0.2) is 0 Å². The first-order chi connectivity index (χ1) is 8.95. The third kappa shape index (κ3) is 5.55. The molecule has 4 nitrogen and oxygen atoms in total. The first-order valence-corrected chi connectivity index (χ1v) is 7.51. The first kappa shape index (κ1) is 15.9. The van der Waals surface area contributed by atoms with Crippen molar-refractivity contribution in [1.29, 1.82) is 0 Å². The second-order valence-corrected chi connectivity index (χ2v) is 6.10. The Morgan fingerprint density at radius 3 is 2.47 bits per heavy atom. The van der Waals surface area contributed by atoms with Crippen LogP contribution in [0.3, 0.4) is 0 Å². The molecule has 1 rings (SSSR count). The van der Waals surface area contributed by atoms with E-state index in [2.05, 4.69) is 6.58 Å². The highest BCUT2D eigenvalue weighted by atomic mass is 32.2. The molecule has 0 aliphatic heterocycles. The highest BCUT2D eigenvalue weighted by molar-refractivity contribution is 7.86. The van der Waals surface area contributed by atoms with Gasteiger partial charge in [-0.05, 0) is 19.1 Å². The Bertz CT molecular complexity index is 491. The lowest BCUT2D eigenvalue weighted by Gasteiger charge is -2.12. The number of rotatable bonds is 8. The van der Waals surface area contributed by atoms with Gasteiger partial charge in [-0.25, -0.2) is 0 Å². The maximum atomic E-state index is 11.9. The van der Waals surface area contributed by atoms with Gasteiger partial charge < -0.3 is 4.74 Å². The van der Waals surface area contributed by atoms with Crippen LogP contribution in [0.4, 0.5) is 0 Å². The quantitative estimate of drug-likeness (QED) is 0.418. The molecular weight excluding hydrogens is 264 g/mol. The van der Waals surface area contributed by atoms with Gasteiger partial charge in [0.05, 0.1) is 24.7 Å². The SMILES string of the molecule is C=CCOC[C@H](C)COS(=O)(=O)c1ccc(C)cc1. The molecule has 0 aromatic heterocycles. The van der Waals surface area contributed by atoms with Crippen molar-refractivity contribution in [2.75, 3.05) is 19.8 Å². The van der Waals surface area contributed by atoms with Crippen LogP contribution in [0, 0.1) is 12.8 Å². The summed E-state index contributed by atoms with van der Waals surface area (Å²) in [5.41, 5.74) is 1.00. The Balaban J connectivity index is 2.51. The van der Waals surface area contributed by atoms with Gasteiger partial charge in [0, 0.05) is 5.92 Å². The molecule has 0 aliphatic carbocycles. The minimum absolute atomic E-state index is 0.000161. The first-order valence-electron chi connectivity index (χ1n) is 6.10. The summed E-state index contributed by atoms with van der Waals surface area (Å²) >= 11 is 0. The molecule has 0 heterocycles. The van der Waals surface area contributed by atoms with Gasteiger partial charge in [0.1, 0.15) is 0 Å². The largest absolute Gasteiger partial charge is 0.377 e. The zero-order valence-electron chi connectivity index (χ0n) is 11.3. The molecule has 0 radical (unpaired) electrons. The van der Waals surface area contributed by atoms with Crippen LogP contribution in [0.2, 0.25) is 0 Å². The summed E-state index contributed by atoms with van der Waals surface area (Å²) in [6, 6.07) is 6.58. The summed E-state index contributed by atoms with van der Waals surface area (Å²) in [7, 11) is -3.68. The van der Waals surface area contributed by atoms with Crippen molar-refractivity contribution in [2.24, 2.45) is 5.92 Å². The van der Waals surface area contributed by atoms with E-state index in [0.29, 0.717) is 13.2 Å². The van der Waals surface area contributed by atoms with Gasteiger partial charge in [-0.3, -0.25) is 4.18 Å². The lowest BCUT2D eigenvalue weighted by atomic mass is 10.2. The van der Waals surface area contributed by atoms with Crippen LogP contribution in [-0.2, 0) is 19.0 Å². The second kappa shape index (κ2) is 7.43. The molecule has 19 heavy (non-hydrogen) atoms. The summed E-state index contributed by atoms with van der Waals surface area (Å²) in [5, 5.41) is 0. The van der Waals surface area contributed by atoms with Crippen LogP contribution < -0.4 is 0 Å². The van der Waals surface area contributed by atoms with E-state index in [4.69, 9.17) is 8.92 Å². The number of hydrogen-bond acceptors (Lipinski definition) is 4. The number of benzene rings is 1. The van der Waals surface area contributed by atoms with E-state index >= 15 is 0 Å². The van der Waals surface area contributed by atoms with Gasteiger partial charge in [-0.1, -0.05) is 30.7 Å². The van der Waals surface area contributed by atoms with E-state index in [1.807, 2.05) is 13.8 Å². The highest BCUT2D eigenvalue weighted by Crippen LogP contribution is 2.14. The zero-order chi connectivity index (χ0) is 14.3.